The molecule has 0 aromatic heterocycles. The third-order valence-corrected chi connectivity index (χ3v) is 2.64. The van der Waals surface area contributed by atoms with Gasteiger partial charge in [0.25, 0.3) is 0 Å². The van der Waals surface area contributed by atoms with E-state index in [1.165, 1.54) is 11.1 Å². The summed E-state index contributed by atoms with van der Waals surface area (Å²) in [6.45, 7) is 6.07. The molecular formula is C13H22N2O. The monoisotopic (exact) mass is 222 g/mol. The second kappa shape index (κ2) is 6.51. The fourth-order valence-electron chi connectivity index (χ4n) is 1.64. The molecule has 0 bridgehead atoms. The van der Waals surface area contributed by atoms with E-state index in [0.717, 1.165) is 18.8 Å². The zero-order chi connectivity index (χ0) is 12.0. The highest BCUT2D eigenvalue weighted by Crippen LogP contribution is 2.18. The number of methoxy groups -OCH3 is 1. The standard InChI is InChI=1S/C13H22N2O/c1-10-5-6-12(7-13(10)16-4)9-15-11(2)8-14-3/h5-7,11,14-15H,8-9H2,1-4H3. The van der Waals surface area contributed by atoms with Gasteiger partial charge in [-0.15, -0.1) is 0 Å². The van der Waals surface area contributed by atoms with Gasteiger partial charge in [-0.3, -0.25) is 0 Å². The average molecular weight is 222 g/mol. The molecule has 0 amide bonds. The van der Waals surface area contributed by atoms with E-state index in [1.54, 1.807) is 7.11 Å². The van der Waals surface area contributed by atoms with Crippen LogP contribution in [0.15, 0.2) is 18.2 Å². The van der Waals surface area contributed by atoms with Crippen molar-refractivity contribution in [1.82, 2.24) is 10.6 Å². The third kappa shape index (κ3) is 3.83. The first-order valence-electron chi connectivity index (χ1n) is 5.69. The highest BCUT2D eigenvalue weighted by Gasteiger charge is 2.02. The normalized spacial score (nSPS) is 12.5. The summed E-state index contributed by atoms with van der Waals surface area (Å²) in [5.74, 6) is 0.959. The smallest absolute Gasteiger partial charge is 0.122 e. The summed E-state index contributed by atoms with van der Waals surface area (Å²) in [7, 11) is 3.68. The van der Waals surface area contributed by atoms with Gasteiger partial charge in [0.2, 0.25) is 0 Å². The zero-order valence-corrected chi connectivity index (χ0v) is 10.6. The second-order valence-electron chi connectivity index (χ2n) is 4.14. The molecule has 3 heteroatoms. The minimum atomic E-state index is 0.470. The molecule has 1 atom stereocenters. The maximum Gasteiger partial charge on any atom is 0.122 e. The number of ether oxygens (including phenoxy) is 1. The summed E-state index contributed by atoms with van der Waals surface area (Å²) in [4.78, 5) is 0. The summed E-state index contributed by atoms with van der Waals surface area (Å²) in [5, 5.41) is 6.60. The van der Waals surface area contributed by atoms with Crippen LogP contribution in [0.1, 0.15) is 18.1 Å². The first-order valence-corrected chi connectivity index (χ1v) is 5.69. The Hall–Kier alpha value is -1.06. The minimum Gasteiger partial charge on any atom is -0.496 e. The van der Waals surface area contributed by atoms with Gasteiger partial charge in [0.05, 0.1) is 7.11 Å². The summed E-state index contributed by atoms with van der Waals surface area (Å²) >= 11 is 0. The molecular weight excluding hydrogens is 200 g/mol. The molecule has 0 aliphatic rings. The first kappa shape index (κ1) is 13.0. The highest BCUT2D eigenvalue weighted by molar-refractivity contribution is 5.36. The van der Waals surface area contributed by atoms with Crippen molar-refractivity contribution in [3.63, 3.8) is 0 Å². The molecule has 1 unspecified atom stereocenters. The van der Waals surface area contributed by atoms with Crippen LogP contribution in [0.2, 0.25) is 0 Å². The van der Waals surface area contributed by atoms with Crippen molar-refractivity contribution >= 4 is 0 Å². The van der Waals surface area contributed by atoms with E-state index in [-0.39, 0.29) is 0 Å². The minimum absolute atomic E-state index is 0.470. The molecule has 0 spiro atoms. The number of aryl methyl sites for hydroxylation is 1. The topological polar surface area (TPSA) is 33.3 Å². The highest BCUT2D eigenvalue weighted by atomic mass is 16.5. The van der Waals surface area contributed by atoms with Crippen molar-refractivity contribution in [2.45, 2.75) is 26.4 Å². The molecule has 16 heavy (non-hydrogen) atoms. The molecule has 0 aliphatic carbocycles. The summed E-state index contributed by atoms with van der Waals surface area (Å²) in [5.41, 5.74) is 2.43. The lowest BCUT2D eigenvalue weighted by molar-refractivity contribution is 0.410. The molecule has 0 heterocycles. The molecule has 0 fully saturated rings. The first-order chi connectivity index (χ1) is 7.67. The van der Waals surface area contributed by atoms with Crippen LogP contribution in [-0.2, 0) is 6.54 Å². The number of rotatable bonds is 6. The van der Waals surface area contributed by atoms with Gasteiger partial charge < -0.3 is 15.4 Å². The van der Waals surface area contributed by atoms with Gasteiger partial charge >= 0.3 is 0 Å². The molecule has 0 radical (unpaired) electrons. The van der Waals surface area contributed by atoms with Crippen molar-refractivity contribution in [1.29, 1.82) is 0 Å². The van der Waals surface area contributed by atoms with Crippen LogP contribution in [0, 0.1) is 6.92 Å². The second-order valence-corrected chi connectivity index (χ2v) is 4.14. The summed E-state index contributed by atoms with van der Waals surface area (Å²) in [6.07, 6.45) is 0. The van der Waals surface area contributed by atoms with Crippen molar-refractivity contribution in [2.24, 2.45) is 0 Å². The van der Waals surface area contributed by atoms with E-state index in [0.29, 0.717) is 6.04 Å². The van der Waals surface area contributed by atoms with Crippen LogP contribution < -0.4 is 15.4 Å². The third-order valence-electron chi connectivity index (χ3n) is 2.64. The van der Waals surface area contributed by atoms with Gasteiger partial charge in [-0.25, -0.2) is 0 Å². The Morgan fingerprint density at radius 2 is 2.12 bits per heavy atom. The van der Waals surface area contributed by atoms with E-state index < -0.39 is 0 Å². The van der Waals surface area contributed by atoms with Gasteiger partial charge in [0, 0.05) is 19.1 Å². The maximum absolute atomic E-state index is 5.30. The Labute approximate surface area is 98.2 Å². The van der Waals surface area contributed by atoms with Crippen molar-refractivity contribution < 1.29 is 4.74 Å². The molecule has 3 nitrogen and oxygen atoms in total. The molecule has 2 N–H and O–H groups in total. The molecule has 0 saturated heterocycles. The van der Waals surface area contributed by atoms with Crippen molar-refractivity contribution in [3.05, 3.63) is 29.3 Å². The van der Waals surface area contributed by atoms with Crippen molar-refractivity contribution in [3.8, 4) is 5.75 Å². The van der Waals surface area contributed by atoms with Gasteiger partial charge in [-0.05, 0) is 38.1 Å². The quantitative estimate of drug-likeness (QED) is 0.768. The van der Waals surface area contributed by atoms with E-state index >= 15 is 0 Å². The summed E-state index contributed by atoms with van der Waals surface area (Å²) < 4.78 is 5.30. The molecule has 0 aliphatic heterocycles. The van der Waals surface area contributed by atoms with E-state index in [2.05, 4.69) is 42.7 Å². The Morgan fingerprint density at radius 3 is 2.75 bits per heavy atom. The van der Waals surface area contributed by atoms with Crippen LogP contribution in [0.5, 0.6) is 5.75 Å². The van der Waals surface area contributed by atoms with E-state index in [4.69, 9.17) is 4.74 Å². The fraction of sp³-hybridized carbons (Fsp3) is 0.538. The molecule has 90 valence electrons. The van der Waals surface area contributed by atoms with Gasteiger partial charge in [0.15, 0.2) is 0 Å². The molecule has 1 rings (SSSR count). The predicted octanol–water partition coefficient (Wildman–Crippen LogP) is 1.70. The van der Waals surface area contributed by atoms with Gasteiger partial charge in [-0.2, -0.15) is 0 Å². The van der Waals surface area contributed by atoms with Crippen LogP contribution in [0.3, 0.4) is 0 Å². The predicted molar refractivity (Wildman–Crippen MR) is 68.0 cm³/mol. The number of nitrogens with one attached hydrogen (secondary N) is 2. The van der Waals surface area contributed by atoms with Crippen LogP contribution in [-0.4, -0.2) is 26.7 Å². The Balaban J connectivity index is 2.54. The van der Waals surface area contributed by atoms with Gasteiger partial charge in [0.1, 0.15) is 5.75 Å². The largest absolute Gasteiger partial charge is 0.496 e. The fourth-order valence-corrected chi connectivity index (χ4v) is 1.64. The van der Waals surface area contributed by atoms with E-state index in [9.17, 15) is 0 Å². The van der Waals surface area contributed by atoms with Crippen LogP contribution in [0.4, 0.5) is 0 Å². The average Bonchev–Trinajstić information content (AvgIpc) is 2.28. The lowest BCUT2D eigenvalue weighted by Gasteiger charge is -2.14. The van der Waals surface area contributed by atoms with Crippen molar-refractivity contribution in [2.75, 3.05) is 20.7 Å². The van der Waals surface area contributed by atoms with Gasteiger partial charge in [-0.1, -0.05) is 12.1 Å². The zero-order valence-electron chi connectivity index (χ0n) is 10.6. The maximum atomic E-state index is 5.30. The lowest BCUT2D eigenvalue weighted by atomic mass is 10.1. The SMILES string of the molecule is CNCC(C)NCc1ccc(C)c(OC)c1. The molecule has 0 saturated carbocycles. The number of likely N-dealkylation sites (N-methyl/N-ethyl adjacent to an activating group) is 1. The Morgan fingerprint density at radius 1 is 1.38 bits per heavy atom. The summed E-state index contributed by atoms with van der Waals surface area (Å²) in [6, 6.07) is 6.79. The van der Waals surface area contributed by atoms with E-state index in [1.807, 2.05) is 7.05 Å². The number of benzene rings is 1. The number of hydrogen-bond acceptors (Lipinski definition) is 3. The number of hydrogen-bond donors (Lipinski definition) is 2. The Bertz CT molecular complexity index is 326. The Kier molecular flexibility index (Phi) is 5.29. The molecule has 1 aromatic rings. The van der Waals surface area contributed by atoms with Crippen LogP contribution >= 0.6 is 0 Å². The lowest BCUT2D eigenvalue weighted by Crippen LogP contribution is -2.34. The van der Waals surface area contributed by atoms with Crippen LogP contribution in [0.25, 0.3) is 0 Å². The molecule has 1 aromatic carbocycles.